The van der Waals surface area contributed by atoms with Crippen molar-refractivity contribution in [1.82, 2.24) is 15.5 Å². The van der Waals surface area contributed by atoms with Gasteiger partial charge < -0.3 is 14.3 Å². The number of nitrogens with zero attached hydrogens (tertiary/aromatic N) is 2. The van der Waals surface area contributed by atoms with Gasteiger partial charge in [-0.3, -0.25) is 4.79 Å². The minimum Gasteiger partial charge on any atom is -0.463 e. The van der Waals surface area contributed by atoms with Gasteiger partial charge in [0.15, 0.2) is 5.76 Å². The summed E-state index contributed by atoms with van der Waals surface area (Å²) >= 11 is 0. The number of aryl methyl sites for hydroxylation is 1. The van der Waals surface area contributed by atoms with E-state index in [1.54, 1.807) is 31.4 Å². The predicted octanol–water partition coefficient (Wildman–Crippen LogP) is 3.71. The lowest BCUT2D eigenvalue weighted by molar-refractivity contribution is 0.0936. The summed E-state index contributed by atoms with van der Waals surface area (Å²) in [5.74, 6) is 0.433. The van der Waals surface area contributed by atoms with E-state index in [1.165, 1.54) is 0 Å². The van der Waals surface area contributed by atoms with Crippen LogP contribution < -0.4 is 5.32 Å². The molecule has 0 spiro atoms. The van der Waals surface area contributed by atoms with E-state index in [9.17, 15) is 4.79 Å². The molecule has 0 aromatic carbocycles. The fourth-order valence-electron chi connectivity index (χ4n) is 2.58. The molecule has 0 atom stereocenters. The first-order valence-corrected chi connectivity index (χ1v) is 7.75. The molecule has 0 saturated carbocycles. The quantitative estimate of drug-likeness (QED) is 0.776. The standard InChI is InChI=1S/C17H19N3O3/c1-4-11(5-2)18-16(21)12-9-13(14-7-6-8-22-14)19-17-15(12)10(3)20-23-17/h6-9,11H,4-5H2,1-3H3,(H,18,21). The van der Waals surface area contributed by atoms with Gasteiger partial charge >= 0.3 is 0 Å². The molecule has 3 heterocycles. The molecule has 0 saturated heterocycles. The fourth-order valence-corrected chi connectivity index (χ4v) is 2.58. The van der Waals surface area contributed by atoms with E-state index in [-0.39, 0.29) is 11.9 Å². The van der Waals surface area contributed by atoms with Gasteiger partial charge in [-0.2, -0.15) is 0 Å². The smallest absolute Gasteiger partial charge is 0.259 e. The van der Waals surface area contributed by atoms with Gasteiger partial charge in [-0.05, 0) is 38.0 Å². The van der Waals surface area contributed by atoms with Crippen LogP contribution in [-0.4, -0.2) is 22.1 Å². The van der Waals surface area contributed by atoms with Crippen molar-refractivity contribution < 1.29 is 13.7 Å². The normalized spacial score (nSPS) is 11.3. The van der Waals surface area contributed by atoms with E-state index in [0.717, 1.165) is 12.8 Å². The lowest BCUT2D eigenvalue weighted by Crippen LogP contribution is -2.34. The molecule has 3 aromatic rings. The van der Waals surface area contributed by atoms with Gasteiger partial charge in [-0.1, -0.05) is 19.0 Å². The summed E-state index contributed by atoms with van der Waals surface area (Å²) in [6.45, 7) is 5.90. The molecule has 3 aromatic heterocycles. The second-order valence-electron chi connectivity index (χ2n) is 5.47. The van der Waals surface area contributed by atoms with E-state index in [4.69, 9.17) is 8.94 Å². The van der Waals surface area contributed by atoms with E-state index in [2.05, 4.69) is 29.3 Å². The van der Waals surface area contributed by atoms with Gasteiger partial charge in [0.1, 0.15) is 5.69 Å². The summed E-state index contributed by atoms with van der Waals surface area (Å²) in [6, 6.07) is 5.43. The van der Waals surface area contributed by atoms with E-state index >= 15 is 0 Å². The van der Waals surface area contributed by atoms with Crippen LogP contribution in [0.2, 0.25) is 0 Å². The monoisotopic (exact) mass is 313 g/mol. The first-order valence-electron chi connectivity index (χ1n) is 7.75. The Labute approximate surface area is 133 Å². The Morgan fingerprint density at radius 1 is 1.35 bits per heavy atom. The van der Waals surface area contributed by atoms with Crippen molar-refractivity contribution >= 4 is 17.0 Å². The Morgan fingerprint density at radius 2 is 2.13 bits per heavy atom. The topological polar surface area (TPSA) is 81.2 Å². The fraction of sp³-hybridized carbons (Fsp3) is 0.353. The minimum atomic E-state index is -0.148. The molecule has 0 unspecified atom stereocenters. The maximum Gasteiger partial charge on any atom is 0.259 e. The summed E-state index contributed by atoms with van der Waals surface area (Å²) in [7, 11) is 0. The number of furan rings is 1. The second kappa shape index (κ2) is 6.24. The van der Waals surface area contributed by atoms with Gasteiger partial charge in [0.25, 0.3) is 11.6 Å². The highest BCUT2D eigenvalue weighted by molar-refractivity contribution is 6.07. The first kappa shape index (κ1) is 15.3. The Morgan fingerprint density at radius 3 is 2.78 bits per heavy atom. The van der Waals surface area contributed by atoms with Crippen LogP contribution in [0.1, 0.15) is 42.7 Å². The Hall–Kier alpha value is -2.63. The molecule has 0 aliphatic carbocycles. The number of nitrogens with one attached hydrogen (secondary N) is 1. The number of hydrogen-bond donors (Lipinski definition) is 1. The Balaban J connectivity index is 2.10. The number of aromatic nitrogens is 2. The largest absolute Gasteiger partial charge is 0.463 e. The van der Waals surface area contributed by atoms with E-state index < -0.39 is 0 Å². The van der Waals surface area contributed by atoms with Crippen LogP contribution in [0.3, 0.4) is 0 Å². The Bertz CT molecular complexity index is 817. The maximum absolute atomic E-state index is 12.7. The van der Waals surface area contributed by atoms with Gasteiger partial charge in [-0.15, -0.1) is 0 Å². The lowest BCUT2D eigenvalue weighted by atomic mass is 10.1. The molecule has 0 fully saturated rings. The van der Waals surface area contributed by atoms with Crippen LogP contribution in [-0.2, 0) is 0 Å². The predicted molar refractivity (Wildman–Crippen MR) is 86.1 cm³/mol. The van der Waals surface area contributed by atoms with Crippen molar-refractivity contribution in [2.24, 2.45) is 0 Å². The molecule has 3 rings (SSSR count). The molecule has 0 aliphatic rings. The highest BCUT2D eigenvalue weighted by Crippen LogP contribution is 2.27. The van der Waals surface area contributed by atoms with Gasteiger partial charge in [0.05, 0.1) is 22.9 Å². The minimum absolute atomic E-state index is 0.137. The third-order valence-electron chi connectivity index (χ3n) is 3.96. The molecule has 6 heteroatoms. The van der Waals surface area contributed by atoms with Crippen LogP contribution in [0.4, 0.5) is 0 Å². The zero-order chi connectivity index (χ0) is 16.4. The van der Waals surface area contributed by atoms with Crippen LogP contribution in [0.15, 0.2) is 33.4 Å². The third-order valence-corrected chi connectivity index (χ3v) is 3.96. The van der Waals surface area contributed by atoms with Crippen LogP contribution in [0, 0.1) is 6.92 Å². The summed E-state index contributed by atoms with van der Waals surface area (Å²) in [5, 5.41) is 7.62. The molecule has 23 heavy (non-hydrogen) atoms. The highest BCUT2D eigenvalue weighted by atomic mass is 16.5. The molecule has 0 radical (unpaired) electrons. The zero-order valence-corrected chi connectivity index (χ0v) is 13.4. The van der Waals surface area contributed by atoms with Crippen LogP contribution >= 0.6 is 0 Å². The van der Waals surface area contributed by atoms with Crippen molar-refractivity contribution in [3.05, 3.63) is 35.7 Å². The van der Waals surface area contributed by atoms with E-state index in [1.807, 2.05) is 0 Å². The van der Waals surface area contributed by atoms with Crippen molar-refractivity contribution in [1.29, 1.82) is 0 Å². The van der Waals surface area contributed by atoms with Crippen molar-refractivity contribution in [3.8, 4) is 11.5 Å². The van der Waals surface area contributed by atoms with Crippen molar-refractivity contribution in [3.63, 3.8) is 0 Å². The van der Waals surface area contributed by atoms with Gasteiger partial charge in [0, 0.05) is 6.04 Å². The van der Waals surface area contributed by atoms with Gasteiger partial charge in [-0.25, -0.2) is 4.98 Å². The number of amides is 1. The number of carbonyl (C=O) groups excluding carboxylic acids is 1. The number of rotatable bonds is 5. The van der Waals surface area contributed by atoms with Gasteiger partial charge in [0.2, 0.25) is 0 Å². The van der Waals surface area contributed by atoms with E-state index in [0.29, 0.717) is 33.8 Å². The summed E-state index contributed by atoms with van der Waals surface area (Å²) in [4.78, 5) is 17.1. The molecule has 0 bridgehead atoms. The summed E-state index contributed by atoms with van der Waals surface area (Å²) < 4.78 is 10.6. The maximum atomic E-state index is 12.7. The summed E-state index contributed by atoms with van der Waals surface area (Å²) in [6.07, 6.45) is 3.32. The number of pyridine rings is 1. The number of carbonyl (C=O) groups is 1. The molecule has 1 N–H and O–H groups in total. The molecular formula is C17H19N3O3. The second-order valence-corrected chi connectivity index (χ2v) is 5.47. The zero-order valence-electron chi connectivity index (χ0n) is 13.4. The van der Waals surface area contributed by atoms with Crippen LogP contribution in [0.25, 0.3) is 22.6 Å². The number of hydrogen-bond acceptors (Lipinski definition) is 5. The lowest BCUT2D eigenvalue weighted by Gasteiger charge is -2.15. The molecule has 0 aliphatic heterocycles. The van der Waals surface area contributed by atoms with Crippen molar-refractivity contribution in [2.75, 3.05) is 0 Å². The molecule has 1 amide bonds. The number of fused-ring (bicyclic) bond motifs is 1. The molecule has 120 valence electrons. The molecular weight excluding hydrogens is 294 g/mol. The first-order chi connectivity index (χ1) is 11.1. The Kier molecular flexibility index (Phi) is 4.14. The average Bonchev–Trinajstić information content (AvgIpc) is 3.22. The summed E-state index contributed by atoms with van der Waals surface area (Å²) in [5.41, 5.74) is 2.04. The average molecular weight is 313 g/mol. The SMILES string of the molecule is CCC(CC)NC(=O)c1cc(-c2ccco2)nc2onc(C)c12. The third kappa shape index (κ3) is 2.84. The molecule has 6 nitrogen and oxygen atoms in total. The van der Waals surface area contributed by atoms with Crippen molar-refractivity contribution in [2.45, 2.75) is 39.7 Å². The van der Waals surface area contributed by atoms with Crippen LogP contribution in [0.5, 0.6) is 0 Å². The highest BCUT2D eigenvalue weighted by Gasteiger charge is 2.21.